The topological polar surface area (TPSA) is 57.6 Å². The lowest BCUT2D eigenvalue weighted by atomic mass is 9.78. The van der Waals surface area contributed by atoms with Crippen molar-refractivity contribution in [2.24, 2.45) is 5.92 Å². The highest BCUT2D eigenvalue weighted by Crippen LogP contribution is 2.35. The molecule has 2 aliphatic rings. The molecule has 1 aromatic rings. The van der Waals surface area contributed by atoms with Crippen LogP contribution in [0.5, 0.6) is 0 Å². The number of carboxylic acids is 1. The fourth-order valence-corrected chi connectivity index (χ4v) is 4.14. The van der Waals surface area contributed by atoms with Crippen molar-refractivity contribution in [3.8, 4) is 0 Å². The maximum atomic E-state index is 12.6. The fraction of sp³-hybridized carbons (Fsp3) is 0.579. The van der Waals surface area contributed by atoms with Gasteiger partial charge >= 0.3 is 5.97 Å². The first-order valence-electron chi connectivity index (χ1n) is 8.77. The van der Waals surface area contributed by atoms with Crippen LogP contribution in [0.4, 0.5) is 0 Å². The van der Waals surface area contributed by atoms with E-state index in [1.54, 1.807) is 12.1 Å². The molecule has 0 aromatic heterocycles. The number of fused-ring (bicyclic) bond motifs is 1. The van der Waals surface area contributed by atoms with Gasteiger partial charge in [-0.1, -0.05) is 25.0 Å². The molecule has 1 aliphatic heterocycles. The van der Waals surface area contributed by atoms with Gasteiger partial charge in [0.1, 0.15) is 0 Å². The van der Waals surface area contributed by atoms with Crippen molar-refractivity contribution in [2.75, 3.05) is 6.54 Å². The summed E-state index contributed by atoms with van der Waals surface area (Å²) in [5.74, 6) is 0.0736. The summed E-state index contributed by atoms with van der Waals surface area (Å²) in [5, 5.41) is 8.91. The van der Waals surface area contributed by atoms with Gasteiger partial charge in [0.25, 0.3) is 0 Å². The Balaban J connectivity index is 1.57. The highest BCUT2D eigenvalue weighted by Gasteiger charge is 2.35. The van der Waals surface area contributed by atoms with Crippen molar-refractivity contribution < 1.29 is 14.7 Å². The molecule has 124 valence electrons. The number of hydrogen-bond acceptors (Lipinski definition) is 2. The van der Waals surface area contributed by atoms with Gasteiger partial charge in [0.15, 0.2) is 0 Å². The van der Waals surface area contributed by atoms with Crippen LogP contribution in [0, 0.1) is 5.92 Å². The van der Waals surface area contributed by atoms with E-state index >= 15 is 0 Å². The Kier molecular flexibility index (Phi) is 4.99. The van der Waals surface area contributed by atoms with E-state index < -0.39 is 5.97 Å². The zero-order valence-corrected chi connectivity index (χ0v) is 13.5. The standard InChI is InChI=1S/C19H25NO3/c21-18(12-9-14-7-10-16(11-8-14)19(22)23)20-13-3-5-15-4-1-2-6-17(15)20/h7-8,10-11,15,17H,1-6,9,12-13H2,(H,22,23)/t15-,17-/m1/s1. The lowest BCUT2D eigenvalue weighted by Crippen LogP contribution is -2.49. The Hall–Kier alpha value is -1.84. The lowest BCUT2D eigenvalue weighted by Gasteiger charge is -2.44. The molecule has 1 N–H and O–H groups in total. The molecule has 23 heavy (non-hydrogen) atoms. The van der Waals surface area contributed by atoms with Crippen LogP contribution in [-0.2, 0) is 11.2 Å². The van der Waals surface area contributed by atoms with E-state index in [2.05, 4.69) is 4.90 Å². The summed E-state index contributed by atoms with van der Waals surface area (Å²) in [4.78, 5) is 25.6. The average Bonchev–Trinajstić information content (AvgIpc) is 2.59. The maximum absolute atomic E-state index is 12.6. The van der Waals surface area contributed by atoms with Gasteiger partial charge < -0.3 is 10.0 Å². The second-order valence-electron chi connectivity index (χ2n) is 6.84. The molecule has 3 rings (SSSR count). The Morgan fingerprint density at radius 3 is 2.48 bits per heavy atom. The molecule has 1 aromatic carbocycles. The molecule has 0 radical (unpaired) electrons. The predicted molar refractivity (Wildman–Crippen MR) is 88.4 cm³/mol. The molecule has 1 heterocycles. The molecular formula is C19H25NO3. The lowest BCUT2D eigenvalue weighted by molar-refractivity contribution is -0.137. The number of hydrogen-bond donors (Lipinski definition) is 1. The quantitative estimate of drug-likeness (QED) is 0.925. The molecule has 1 saturated heterocycles. The van der Waals surface area contributed by atoms with Gasteiger partial charge in [-0.05, 0) is 55.7 Å². The number of likely N-dealkylation sites (tertiary alicyclic amines) is 1. The first kappa shape index (κ1) is 16.0. The predicted octanol–water partition coefficient (Wildman–Crippen LogP) is 3.50. The minimum absolute atomic E-state index is 0.268. The third-order valence-corrected chi connectivity index (χ3v) is 5.39. The number of carbonyl (C=O) groups excluding carboxylic acids is 1. The van der Waals surface area contributed by atoms with Crippen LogP contribution < -0.4 is 0 Å². The van der Waals surface area contributed by atoms with E-state index in [1.165, 1.54) is 32.1 Å². The van der Waals surface area contributed by atoms with Gasteiger partial charge in [-0.15, -0.1) is 0 Å². The van der Waals surface area contributed by atoms with E-state index in [4.69, 9.17) is 5.11 Å². The number of amides is 1. The number of nitrogens with zero attached hydrogens (tertiary/aromatic N) is 1. The van der Waals surface area contributed by atoms with E-state index in [1.807, 2.05) is 12.1 Å². The largest absolute Gasteiger partial charge is 0.478 e. The van der Waals surface area contributed by atoms with Crippen LogP contribution in [-0.4, -0.2) is 34.5 Å². The molecule has 1 aliphatic carbocycles. The third kappa shape index (κ3) is 3.74. The van der Waals surface area contributed by atoms with Crippen molar-refractivity contribution in [1.82, 2.24) is 4.90 Å². The minimum Gasteiger partial charge on any atom is -0.478 e. The third-order valence-electron chi connectivity index (χ3n) is 5.39. The highest BCUT2D eigenvalue weighted by atomic mass is 16.4. The van der Waals surface area contributed by atoms with Gasteiger partial charge in [-0.25, -0.2) is 4.79 Å². The molecule has 4 nitrogen and oxygen atoms in total. The Labute approximate surface area is 137 Å². The van der Waals surface area contributed by atoms with Gasteiger partial charge in [0.2, 0.25) is 5.91 Å². The molecule has 2 atom stereocenters. The van der Waals surface area contributed by atoms with Crippen LogP contribution in [0.2, 0.25) is 0 Å². The van der Waals surface area contributed by atoms with E-state index in [0.29, 0.717) is 24.4 Å². The van der Waals surface area contributed by atoms with Gasteiger partial charge in [0, 0.05) is 19.0 Å². The second-order valence-corrected chi connectivity index (χ2v) is 6.84. The first-order chi connectivity index (χ1) is 11.1. The van der Waals surface area contributed by atoms with Crippen molar-refractivity contribution in [3.63, 3.8) is 0 Å². The van der Waals surface area contributed by atoms with Crippen LogP contribution >= 0.6 is 0 Å². The van der Waals surface area contributed by atoms with Crippen LogP contribution in [0.3, 0.4) is 0 Å². The highest BCUT2D eigenvalue weighted by molar-refractivity contribution is 5.87. The average molecular weight is 315 g/mol. The minimum atomic E-state index is -0.913. The number of aromatic carboxylic acids is 1. The van der Waals surface area contributed by atoms with Crippen LogP contribution in [0.25, 0.3) is 0 Å². The molecule has 1 amide bonds. The first-order valence-corrected chi connectivity index (χ1v) is 8.77. The normalized spacial score (nSPS) is 24.1. The summed E-state index contributed by atoms with van der Waals surface area (Å²) in [6, 6.07) is 7.33. The molecular weight excluding hydrogens is 290 g/mol. The van der Waals surface area contributed by atoms with Crippen molar-refractivity contribution in [3.05, 3.63) is 35.4 Å². The summed E-state index contributed by atoms with van der Waals surface area (Å²) < 4.78 is 0. The van der Waals surface area contributed by atoms with Gasteiger partial charge in [-0.3, -0.25) is 4.79 Å². The SMILES string of the molecule is O=C(O)c1ccc(CCC(=O)N2CCC[C@H]3CCCC[C@H]32)cc1. The number of rotatable bonds is 4. The van der Waals surface area contributed by atoms with Crippen molar-refractivity contribution in [1.29, 1.82) is 0 Å². The fourth-order valence-electron chi connectivity index (χ4n) is 4.14. The molecule has 4 heteroatoms. The van der Waals surface area contributed by atoms with Gasteiger partial charge in [0.05, 0.1) is 5.56 Å². The Morgan fingerprint density at radius 2 is 1.74 bits per heavy atom. The van der Waals surface area contributed by atoms with E-state index in [0.717, 1.165) is 24.4 Å². The summed E-state index contributed by atoms with van der Waals surface area (Å²) in [5.41, 5.74) is 1.32. The van der Waals surface area contributed by atoms with Crippen molar-refractivity contribution >= 4 is 11.9 Å². The number of aryl methyl sites for hydroxylation is 1. The number of carboxylic acid groups (broad SMARTS) is 1. The van der Waals surface area contributed by atoms with E-state index in [9.17, 15) is 9.59 Å². The summed E-state index contributed by atoms with van der Waals surface area (Å²) in [6.07, 6.45) is 8.66. The summed E-state index contributed by atoms with van der Waals surface area (Å²) >= 11 is 0. The van der Waals surface area contributed by atoms with Crippen LogP contribution in [0.15, 0.2) is 24.3 Å². The number of carbonyl (C=O) groups is 2. The number of benzene rings is 1. The molecule has 1 saturated carbocycles. The summed E-state index contributed by atoms with van der Waals surface area (Å²) in [6.45, 7) is 0.915. The maximum Gasteiger partial charge on any atom is 0.335 e. The monoisotopic (exact) mass is 315 g/mol. The smallest absolute Gasteiger partial charge is 0.335 e. The molecule has 0 bridgehead atoms. The molecule has 0 spiro atoms. The van der Waals surface area contributed by atoms with E-state index in [-0.39, 0.29) is 5.91 Å². The molecule has 2 fully saturated rings. The van der Waals surface area contributed by atoms with Crippen LogP contribution in [0.1, 0.15) is 60.9 Å². The zero-order chi connectivity index (χ0) is 16.2. The second kappa shape index (κ2) is 7.16. The van der Waals surface area contributed by atoms with Crippen molar-refractivity contribution in [2.45, 2.75) is 57.4 Å². The zero-order valence-electron chi connectivity index (χ0n) is 13.5. The Morgan fingerprint density at radius 1 is 1.04 bits per heavy atom. The number of piperidine rings is 1. The van der Waals surface area contributed by atoms with Gasteiger partial charge in [-0.2, -0.15) is 0 Å². The molecule has 0 unspecified atom stereocenters. The summed E-state index contributed by atoms with van der Waals surface area (Å²) in [7, 11) is 0. The Bertz CT molecular complexity index is 564.